The Labute approximate surface area is 130 Å². The molecule has 0 aliphatic carbocycles. The Morgan fingerprint density at radius 1 is 1.15 bits per heavy atom. The minimum Gasteiger partial charge on any atom is -0.383 e. The van der Waals surface area contributed by atoms with Gasteiger partial charge in [-0.25, -0.2) is 0 Å². The summed E-state index contributed by atoms with van der Waals surface area (Å²) in [6.45, 7) is 2.47. The molecular formula is C14H20Cl2N2O2. The lowest BCUT2D eigenvalue weighted by Gasteiger charge is -2.24. The molecule has 0 saturated heterocycles. The van der Waals surface area contributed by atoms with Crippen LogP contribution in [0.15, 0.2) is 18.2 Å². The Bertz CT molecular complexity index is 453. The summed E-state index contributed by atoms with van der Waals surface area (Å²) < 4.78 is 5.05. The third-order valence-corrected chi connectivity index (χ3v) is 3.58. The van der Waals surface area contributed by atoms with Crippen LogP contribution < -0.4 is 0 Å². The molecule has 1 amide bonds. The first-order chi connectivity index (χ1) is 9.45. The predicted octanol–water partition coefficient (Wildman–Crippen LogP) is 2.64. The van der Waals surface area contributed by atoms with Crippen molar-refractivity contribution in [1.82, 2.24) is 9.80 Å². The Balaban J connectivity index is 2.81. The van der Waals surface area contributed by atoms with Crippen LogP contribution in [-0.4, -0.2) is 63.2 Å². The number of likely N-dealkylation sites (N-methyl/N-ethyl adjacent to an activating group) is 1. The molecule has 6 heteroatoms. The van der Waals surface area contributed by atoms with Gasteiger partial charge in [-0.1, -0.05) is 23.2 Å². The molecular weight excluding hydrogens is 299 g/mol. The predicted molar refractivity (Wildman–Crippen MR) is 82.8 cm³/mol. The van der Waals surface area contributed by atoms with Crippen LogP contribution in [0.1, 0.15) is 10.4 Å². The van der Waals surface area contributed by atoms with Crippen LogP contribution >= 0.6 is 23.2 Å². The Kier molecular flexibility index (Phi) is 7.30. The summed E-state index contributed by atoms with van der Waals surface area (Å²) in [5, 5.41) is 0.830. The van der Waals surface area contributed by atoms with Gasteiger partial charge in [0.25, 0.3) is 5.91 Å². The van der Waals surface area contributed by atoms with Gasteiger partial charge in [-0.3, -0.25) is 4.79 Å². The van der Waals surface area contributed by atoms with Gasteiger partial charge in [-0.05, 0) is 32.3 Å². The third kappa shape index (κ3) is 5.29. The van der Waals surface area contributed by atoms with Gasteiger partial charge in [0.2, 0.25) is 0 Å². The van der Waals surface area contributed by atoms with Gasteiger partial charge in [0, 0.05) is 32.3 Å². The van der Waals surface area contributed by atoms with E-state index in [0.717, 1.165) is 6.54 Å². The number of ether oxygens (including phenoxy) is 1. The van der Waals surface area contributed by atoms with E-state index in [4.69, 9.17) is 27.9 Å². The first-order valence-corrected chi connectivity index (χ1v) is 7.09. The highest BCUT2D eigenvalue weighted by molar-refractivity contribution is 6.42. The van der Waals surface area contributed by atoms with Crippen LogP contribution in [0.4, 0.5) is 0 Å². The lowest BCUT2D eigenvalue weighted by atomic mass is 10.2. The molecule has 0 unspecified atom stereocenters. The number of halogens is 2. The number of carbonyl (C=O) groups is 1. The number of hydrogen-bond acceptors (Lipinski definition) is 3. The second-order valence-corrected chi connectivity index (χ2v) is 5.53. The number of amides is 1. The Morgan fingerprint density at radius 2 is 1.85 bits per heavy atom. The molecule has 0 bridgehead atoms. The Morgan fingerprint density at radius 3 is 2.40 bits per heavy atom. The molecule has 0 saturated carbocycles. The average molecular weight is 319 g/mol. The third-order valence-electron chi connectivity index (χ3n) is 2.84. The molecule has 1 aromatic carbocycles. The van der Waals surface area contributed by atoms with Gasteiger partial charge in [0.1, 0.15) is 0 Å². The highest BCUT2D eigenvalue weighted by Crippen LogP contribution is 2.23. The minimum atomic E-state index is -0.0672. The van der Waals surface area contributed by atoms with E-state index in [0.29, 0.717) is 35.3 Å². The molecule has 0 N–H and O–H groups in total. The van der Waals surface area contributed by atoms with E-state index in [-0.39, 0.29) is 5.91 Å². The van der Waals surface area contributed by atoms with Crippen LogP contribution in [0, 0.1) is 0 Å². The van der Waals surface area contributed by atoms with Gasteiger partial charge < -0.3 is 14.5 Å². The first-order valence-electron chi connectivity index (χ1n) is 6.33. The number of methoxy groups -OCH3 is 1. The maximum Gasteiger partial charge on any atom is 0.254 e. The Hall–Kier alpha value is -0.810. The van der Waals surface area contributed by atoms with Gasteiger partial charge in [-0.2, -0.15) is 0 Å². The number of rotatable bonds is 7. The molecule has 112 valence electrons. The molecule has 0 heterocycles. The SMILES string of the molecule is COCCN(CCN(C)C)C(=O)c1ccc(Cl)c(Cl)c1. The zero-order valence-electron chi connectivity index (χ0n) is 12.0. The summed E-state index contributed by atoms with van der Waals surface area (Å²) in [6, 6.07) is 4.92. The average Bonchev–Trinajstić information content (AvgIpc) is 2.41. The molecule has 1 aromatic rings. The monoisotopic (exact) mass is 318 g/mol. The smallest absolute Gasteiger partial charge is 0.254 e. The standard InChI is InChI=1S/C14H20Cl2N2O2/c1-17(2)6-7-18(8-9-20-3)14(19)11-4-5-12(15)13(16)10-11/h4-5,10H,6-9H2,1-3H3. The van der Waals surface area contributed by atoms with Crippen molar-refractivity contribution in [3.63, 3.8) is 0 Å². The fourth-order valence-electron chi connectivity index (χ4n) is 1.65. The van der Waals surface area contributed by atoms with Crippen LogP contribution in [-0.2, 0) is 4.74 Å². The van der Waals surface area contributed by atoms with Crippen molar-refractivity contribution >= 4 is 29.1 Å². The van der Waals surface area contributed by atoms with E-state index in [2.05, 4.69) is 0 Å². The normalized spacial score (nSPS) is 10.9. The maximum absolute atomic E-state index is 12.5. The molecule has 0 aliphatic heterocycles. The zero-order chi connectivity index (χ0) is 15.1. The van der Waals surface area contributed by atoms with Gasteiger partial charge in [0.05, 0.1) is 16.7 Å². The van der Waals surface area contributed by atoms with Crippen molar-refractivity contribution in [2.75, 3.05) is 47.4 Å². The van der Waals surface area contributed by atoms with E-state index in [1.165, 1.54) is 0 Å². The van der Waals surface area contributed by atoms with Crippen molar-refractivity contribution < 1.29 is 9.53 Å². The second kappa shape index (κ2) is 8.47. The van der Waals surface area contributed by atoms with Crippen LogP contribution in [0.25, 0.3) is 0 Å². The highest BCUT2D eigenvalue weighted by atomic mass is 35.5. The summed E-state index contributed by atoms with van der Waals surface area (Å²) in [5.41, 5.74) is 0.536. The van der Waals surface area contributed by atoms with Crippen molar-refractivity contribution in [2.24, 2.45) is 0 Å². The summed E-state index contributed by atoms with van der Waals surface area (Å²) >= 11 is 11.8. The van der Waals surface area contributed by atoms with Crippen LogP contribution in [0.5, 0.6) is 0 Å². The molecule has 0 spiro atoms. The molecule has 0 aromatic heterocycles. The van der Waals surface area contributed by atoms with E-state index >= 15 is 0 Å². The molecule has 0 atom stereocenters. The summed E-state index contributed by atoms with van der Waals surface area (Å²) in [7, 11) is 5.56. The summed E-state index contributed by atoms with van der Waals surface area (Å²) in [4.78, 5) is 16.3. The molecule has 0 fully saturated rings. The second-order valence-electron chi connectivity index (χ2n) is 4.72. The van der Waals surface area contributed by atoms with Crippen molar-refractivity contribution in [2.45, 2.75) is 0 Å². The lowest BCUT2D eigenvalue weighted by Crippen LogP contribution is -2.38. The quantitative estimate of drug-likeness (QED) is 0.774. The van der Waals surface area contributed by atoms with E-state index in [1.54, 1.807) is 30.2 Å². The van der Waals surface area contributed by atoms with Gasteiger partial charge >= 0.3 is 0 Å². The summed E-state index contributed by atoms with van der Waals surface area (Å²) in [5.74, 6) is -0.0672. The molecule has 20 heavy (non-hydrogen) atoms. The van der Waals surface area contributed by atoms with Crippen LogP contribution in [0.2, 0.25) is 10.0 Å². The fraction of sp³-hybridized carbons (Fsp3) is 0.500. The number of carbonyl (C=O) groups excluding carboxylic acids is 1. The molecule has 1 rings (SSSR count). The molecule has 0 aliphatic rings. The number of nitrogens with zero attached hydrogens (tertiary/aromatic N) is 2. The highest BCUT2D eigenvalue weighted by Gasteiger charge is 2.16. The van der Waals surface area contributed by atoms with Crippen LogP contribution in [0.3, 0.4) is 0 Å². The summed E-state index contributed by atoms with van der Waals surface area (Å²) in [6.07, 6.45) is 0. The largest absolute Gasteiger partial charge is 0.383 e. The molecule has 4 nitrogen and oxygen atoms in total. The van der Waals surface area contributed by atoms with Crippen molar-refractivity contribution in [1.29, 1.82) is 0 Å². The van der Waals surface area contributed by atoms with Crippen molar-refractivity contribution in [3.05, 3.63) is 33.8 Å². The maximum atomic E-state index is 12.5. The van der Waals surface area contributed by atoms with E-state index < -0.39 is 0 Å². The minimum absolute atomic E-state index is 0.0672. The van der Waals surface area contributed by atoms with E-state index in [1.807, 2.05) is 19.0 Å². The van der Waals surface area contributed by atoms with E-state index in [9.17, 15) is 4.79 Å². The topological polar surface area (TPSA) is 32.8 Å². The van der Waals surface area contributed by atoms with Gasteiger partial charge in [0.15, 0.2) is 0 Å². The fourth-order valence-corrected chi connectivity index (χ4v) is 1.95. The van der Waals surface area contributed by atoms with Gasteiger partial charge in [-0.15, -0.1) is 0 Å². The zero-order valence-corrected chi connectivity index (χ0v) is 13.5. The number of hydrogen-bond donors (Lipinski definition) is 0. The molecule has 0 radical (unpaired) electrons. The van der Waals surface area contributed by atoms with Crippen molar-refractivity contribution in [3.8, 4) is 0 Å². The lowest BCUT2D eigenvalue weighted by molar-refractivity contribution is 0.0683. The number of benzene rings is 1. The first kappa shape index (κ1) is 17.2.